The molecule has 0 atom stereocenters. The second-order valence-corrected chi connectivity index (χ2v) is 5.63. The van der Waals surface area contributed by atoms with Crippen molar-refractivity contribution in [3.05, 3.63) is 35.0 Å². The van der Waals surface area contributed by atoms with Crippen LogP contribution in [0.15, 0.2) is 24.3 Å². The van der Waals surface area contributed by atoms with Gasteiger partial charge in [-0.05, 0) is 43.0 Å². The Kier molecular flexibility index (Phi) is 4.65. The van der Waals surface area contributed by atoms with Gasteiger partial charge in [0.1, 0.15) is 5.75 Å². The van der Waals surface area contributed by atoms with Gasteiger partial charge >= 0.3 is 0 Å². The van der Waals surface area contributed by atoms with Gasteiger partial charge in [-0.2, -0.15) is 0 Å². The zero-order valence-corrected chi connectivity index (χ0v) is 12.5. The van der Waals surface area contributed by atoms with E-state index in [0.717, 1.165) is 46.8 Å². The van der Waals surface area contributed by atoms with Gasteiger partial charge in [-0.3, -0.25) is 4.98 Å². The van der Waals surface area contributed by atoms with Gasteiger partial charge in [-0.25, -0.2) is 0 Å². The van der Waals surface area contributed by atoms with Crippen LogP contribution in [0.3, 0.4) is 0 Å². The summed E-state index contributed by atoms with van der Waals surface area (Å²) in [6.07, 6.45) is 1.95. The molecule has 0 spiro atoms. The third-order valence-corrected chi connectivity index (χ3v) is 3.19. The van der Waals surface area contributed by atoms with Gasteiger partial charge in [-0.1, -0.05) is 32.4 Å². The van der Waals surface area contributed by atoms with Crippen LogP contribution in [0, 0.1) is 5.92 Å². The maximum absolute atomic E-state index is 6.36. The van der Waals surface area contributed by atoms with Gasteiger partial charge in [0.2, 0.25) is 0 Å². The summed E-state index contributed by atoms with van der Waals surface area (Å²) < 4.78 is 5.63. The SMILES string of the molecule is CCCOc1ccc2nc(CC(C)C)cc(Cl)c2c1. The number of pyridine rings is 1. The molecule has 2 rings (SSSR count). The number of hydrogen-bond donors (Lipinski definition) is 0. The maximum atomic E-state index is 6.36. The highest BCUT2D eigenvalue weighted by Gasteiger charge is 2.07. The second-order valence-electron chi connectivity index (χ2n) is 5.22. The van der Waals surface area contributed by atoms with Crippen LogP contribution in [-0.2, 0) is 6.42 Å². The van der Waals surface area contributed by atoms with Crippen molar-refractivity contribution < 1.29 is 4.74 Å². The molecule has 1 aromatic carbocycles. The van der Waals surface area contributed by atoms with E-state index in [-0.39, 0.29) is 0 Å². The summed E-state index contributed by atoms with van der Waals surface area (Å²) in [5, 5.41) is 1.71. The van der Waals surface area contributed by atoms with Crippen molar-refractivity contribution in [3.63, 3.8) is 0 Å². The Morgan fingerprint density at radius 1 is 1.26 bits per heavy atom. The summed E-state index contributed by atoms with van der Waals surface area (Å²) in [6.45, 7) is 7.18. The van der Waals surface area contributed by atoms with Crippen LogP contribution in [0.1, 0.15) is 32.9 Å². The third-order valence-electron chi connectivity index (χ3n) is 2.87. The first-order valence-electron chi connectivity index (χ1n) is 6.82. The molecule has 1 heterocycles. The van der Waals surface area contributed by atoms with Crippen LogP contribution in [0.2, 0.25) is 5.02 Å². The fourth-order valence-corrected chi connectivity index (χ4v) is 2.32. The first kappa shape index (κ1) is 14.1. The highest BCUT2D eigenvalue weighted by atomic mass is 35.5. The summed E-state index contributed by atoms with van der Waals surface area (Å²) in [6, 6.07) is 7.88. The lowest BCUT2D eigenvalue weighted by atomic mass is 10.1. The lowest BCUT2D eigenvalue weighted by molar-refractivity contribution is 0.318. The van der Waals surface area contributed by atoms with Crippen molar-refractivity contribution in [2.45, 2.75) is 33.6 Å². The van der Waals surface area contributed by atoms with Crippen molar-refractivity contribution in [1.82, 2.24) is 4.98 Å². The van der Waals surface area contributed by atoms with Crippen molar-refractivity contribution in [2.24, 2.45) is 5.92 Å². The standard InChI is InChI=1S/C16H20ClNO/c1-4-7-19-13-5-6-16-14(10-13)15(17)9-12(18-16)8-11(2)3/h5-6,9-11H,4,7-8H2,1-3H3. The number of nitrogens with zero attached hydrogens (tertiary/aromatic N) is 1. The Balaban J connectivity index is 2.36. The molecule has 0 saturated heterocycles. The number of hydrogen-bond acceptors (Lipinski definition) is 2. The van der Waals surface area contributed by atoms with Gasteiger partial charge in [0.25, 0.3) is 0 Å². The Bertz CT molecular complexity index is 566. The molecule has 0 fully saturated rings. The van der Waals surface area contributed by atoms with E-state index in [1.165, 1.54) is 0 Å². The topological polar surface area (TPSA) is 22.1 Å². The van der Waals surface area contributed by atoms with Crippen LogP contribution in [-0.4, -0.2) is 11.6 Å². The van der Waals surface area contributed by atoms with E-state index >= 15 is 0 Å². The molecule has 2 nitrogen and oxygen atoms in total. The molecule has 3 heteroatoms. The number of halogens is 1. The molecular weight excluding hydrogens is 258 g/mol. The van der Waals surface area contributed by atoms with Crippen molar-refractivity contribution >= 4 is 22.5 Å². The lowest BCUT2D eigenvalue weighted by Gasteiger charge is -2.09. The largest absolute Gasteiger partial charge is 0.494 e. The fourth-order valence-electron chi connectivity index (χ4n) is 2.05. The molecule has 102 valence electrons. The first-order chi connectivity index (χ1) is 9.10. The molecule has 1 aromatic heterocycles. The third kappa shape index (κ3) is 3.60. The minimum atomic E-state index is 0.577. The van der Waals surface area contributed by atoms with Crippen LogP contribution >= 0.6 is 11.6 Å². The molecule has 0 aliphatic heterocycles. The Morgan fingerprint density at radius 2 is 2.05 bits per heavy atom. The van der Waals surface area contributed by atoms with E-state index in [9.17, 15) is 0 Å². The van der Waals surface area contributed by atoms with E-state index in [4.69, 9.17) is 16.3 Å². The summed E-state index contributed by atoms with van der Waals surface area (Å²) in [5.41, 5.74) is 1.99. The molecular formula is C16H20ClNO. The highest BCUT2D eigenvalue weighted by Crippen LogP contribution is 2.27. The summed E-state index contributed by atoms with van der Waals surface area (Å²) >= 11 is 6.36. The summed E-state index contributed by atoms with van der Waals surface area (Å²) in [4.78, 5) is 4.66. The smallest absolute Gasteiger partial charge is 0.120 e. The van der Waals surface area contributed by atoms with Gasteiger partial charge in [-0.15, -0.1) is 0 Å². The normalized spacial score (nSPS) is 11.2. The number of ether oxygens (including phenoxy) is 1. The monoisotopic (exact) mass is 277 g/mol. The average Bonchev–Trinajstić information content (AvgIpc) is 2.36. The number of aromatic nitrogens is 1. The summed E-state index contributed by atoms with van der Waals surface area (Å²) in [7, 11) is 0. The molecule has 0 N–H and O–H groups in total. The lowest BCUT2D eigenvalue weighted by Crippen LogP contribution is -1.99. The van der Waals surface area contributed by atoms with Crippen molar-refractivity contribution in [1.29, 1.82) is 0 Å². The van der Waals surface area contributed by atoms with Crippen LogP contribution in [0.4, 0.5) is 0 Å². The van der Waals surface area contributed by atoms with Gasteiger partial charge in [0.15, 0.2) is 0 Å². The van der Waals surface area contributed by atoms with E-state index in [0.29, 0.717) is 5.92 Å². The molecule has 0 aliphatic carbocycles. The molecule has 0 unspecified atom stereocenters. The molecule has 19 heavy (non-hydrogen) atoms. The molecule has 0 saturated carbocycles. The Hall–Kier alpha value is -1.28. The van der Waals surface area contributed by atoms with Gasteiger partial charge in [0, 0.05) is 11.1 Å². The van der Waals surface area contributed by atoms with E-state index in [1.54, 1.807) is 0 Å². The van der Waals surface area contributed by atoms with Crippen molar-refractivity contribution in [2.75, 3.05) is 6.61 Å². The molecule has 0 bridgehead atoms. The number of fused-ring (bicyclic) bond motifs is 1. The van der Waals surface area contributed by atoms with Gasteiger partial charge in [0.05, 0.1) is 17.1 Å². The molecule has 0 radical (unpaired) electrons. The Morgan fingerprint density at radius 3 is 2.74 bits per heavy atom. The van der Waals surface area contributed by atoms with E-state index < -0.39 is 0 Å². The quantitative estimate of drug-likeness (QED) is 0.777. The molecule has 0 aliphatic rings. The summed E-state index contributed by atoms with van der Waals surface area (Å²) in [5.74, 6) is 1.43. The van der Waals surface area contributed by atoms with E-state index in [2.05, 4.69) is 25.8 Å². The predicted octanol–water partition coefficient (Wildman–Crippen LogP) is 4.88. The maximum Gasteiger partial charge on any atom is 0.120 e. The minimum Gasteiger partial charge on any atom is -0.494 e. The van der Waals surface area contributed by atoms with Crippen LogP contribution in [0.5, 0.6) is 5.75 Å². The van der Waals surface area contributed by atoms with Crippen molar-refractivity contribution in [3.8, 4) is 5.75 Å². The number of benzene rings is 1. The van der Waals surface area contributed by atoms with E-state index in [1.807, 2.05) is 24.3 Å². The zero-order chi connectivity index (χ0) is 13.8. The average molecular weight is 278 g/mol. The predicted molar refractivity (Wildman–Crippen MR) is 81.1 cm³/mol. The zero-order valence-electron chi connectivity index (χ0n) is 11.7. The highest BCUT2D eigenvalue weighted by molar-refractivity contribution is 6.35. The van der Waals surface area contributed by atoms with Gasteiger partial charge < -0.3 is 4.74 Å². The number of rotatable bonds is 5. The first-order valence-corrected chi connectivity index (χ1v) is 7.20. The van der Waals surface area contributed by atoms with Crippen LogP contribution in [0.25, 0.3) is 10.9 Å². The van der Waals surface area contributed by atoms with Crippen LogP contribution < -0.4 is 4.74 Å². The fraction of sp³-hybridized carbons (Fsp3) is 0.438. The molecule has 2 aromatic rings. The second kappa shape index (κ2) is 6.25. The minimum absolute atomic E-state index is 0.577. The Labute approximate surface area is 119 Å². The molecule has 0 amide bonds.